The number of aliphatic hydroxyl groups is 7. The fourth-order valence-electron chi connectivity index (χ4n) is 6.68. The van der Waals surface area contributed by atoms with Crippen molar-refractivity contribution in [2.45, 2.75) is 203 Å². The summed E-state index contributed by atoms with van der Waals surface area (Å²) in [6.07, 6.45) is 16.5. The molecule has 2 aliphatic heterocycles. The third kappa shape index (κ3) is 21.6. The summed E-state index contributed by atoms with van der Waals surface area (Å²) in [5.41, 5.74) is 0. The molecule has 0 aromatic rings. The first-order valence-electron chi connectivity index (χ1n) is 22.1. The lowest BCUT2D eigenvalue weighted by molar-refractivity contribution is -0.332. The lowest BCUT2D eigenvalue weighted by Gasteiger charge is -2.42. The van der Waals surface area contributed by atoms with E-state index in [1.54, 1.807) is 0 Å². The number of rotatable bonds is 33. The average Bonchev–Trinajstić information content (AvgIpc) is 3.22. The van der Waals surface area contributed by atoms with E-state index in [-0.39, 0.29) is 19.6 Å². The monoisotopic (exact) mass is 831 g/mol. The van der Waals surface area contributed by atoms with Gasteiger partial charge in [0.15, 0.2) is 12.6 Å². The molecule has 2 saturated heterocycles. The molecular weight excluding hydrogens is 752 g/mol. The van der Waals surface area contributed by atoms with Crippen LogP contribution in [0.25, 0.3) is 0 Å². The highest BCUT2D eigenvalue weighted by atomic mass is 16.7. The minimum Gasteiger partial charge on any atom is -0.457 e. The SMILES string of the molecule is CCC/C=C\C/C=C\CCCCCCCC(=O)OC(COCCCCCCCC/C=C\CCC)COC1OC(COC2OC(CO)C(O)C(O)C2O)C(O)C(O)C1O. The van der Waals surface area contributed by atoms with Crippen molar-refractivity contribution in [3.05, 3.63) is 36.5 Å². The zero-order valence-electron chi connectivity index (χ0n) is 35.3. The zero-order valence-corrected chi connectivity index (χ0v) is 35.3. The van der Waals surface area contributed by atoms with E-state index in [4.69, 9.17) is 28.4 Å². The molecule has 338 valence electrons. The van der Waals surface area contributed by atoms with E-state index < -0.39 is 86.7 Å². The second kappa shape index (κ2) is 32.9. The Morgan fingerprint density at radius 3 is 1.69 bits per heavy atom. The van der Waals surface area contributed by atoms with Crippen molar-refractivity contribution in [3.63, 3.8) is 0 Å². The maximum absolute atomic E-state index is 12.9. The van der Waals surface area contributed by atoms with Crippen molar-refractivity contribution < 1.29 is 69.0 Å². The van der Waals surface area contributed by atoms with Gasteiger partial charge in [0.25, 0.3) is 0 Å². The van der Waals surface area contributed by atoms with E-state index >= 15 is 0 Å². The molecule has 0 saturated carbocycles. The molecule has 14 heteroatoms. The van der Waals surface area contributed by atoms with E-state index in [0.717, 1.165) is 77.0 Å². The van der Waals surface area contributed by atoms with Gasteiger partial charge in [0.2, 0.25) is 0 Å². The second-order valence-corrected chi connectivity index (χ2v) is 15.5. The molecule has 0 bridgehead atoms. The molecule has 0 aromatic heterocycles. The van der Waals surface area contributed by atoms with Crippen LogP contribution >= 0.6 is 0 Å². The van der Waals surface area contributed by atoms with E-state index in [0.29, 0.717) is 13.0 Å². The predicted molar refractivity (Wildman–Crippen MR) is 220 cm³/mol. The molecule has 2 heterocycles. The Balaban J connectivity index is 1.84. The lowest BCUT2D eigenvalue weighted by atomic mass is 9.98. The van der Waals surface area contributed by atoms with Crippen LogP contribution in [0.15, 0.2) is 36.5 Å². The Labute approximate surface area is 347 Å². The Hall–Kier alpha value is -1.79. The molecule has 0 aromatic carbocycles. The maximum atomic E-state index is 12.9. The summed E-state index contributed by atoms with van der Waals surface area (Å²) in [6, 6.07) is 0. The molecule has 58 heavy (non-hydrogen) atoms. The molecule has 0 amide bonds. The van der Waals surface area contributed by atoms with Crippen molar-refractivity contribution in [1.82, 2.24) is 0 Å². The van der Waals surface area contributed by atoms with Gasteiger partial charge in [0.05, 0.1) is 26.4 Å². The number of unbranched alkanes of at least 4 members (excludes halogenated alkanes) is 13. The third-order valence-electron chi connectivity index (χ3n) is 10.3. The summed E-state index contributed by atoms with van der Waals surface area (Å²) < 4.78 is 34.1. The highest BCUT2D eigenvalue weighted by molar-refractivity contribution is 5.69. The van der Waals surface area contributed by atoms with Gasteiger partial charge in [0.1, 0.15) is 54.9 Å². The van der Waals surface area contributed by atoms with Crippen LogP contribution < -0.4 is 0 Å². The molecule has 0 radical (unpaired) electrons. The first-order chi connectivity index (χ1) is 28.1. The predicted octanol–water partition coefficient (Wildman–Crippen LogP) is 4.68. The number of allylic oxidation sites excluding steroid dienone is 6. The average molecular weight is 831 g/mol. The highest BCUT2D eigenvalue weighted by Crippen LogP contribution is 2.26. The second-order valence-electron chi connectivity index (χ2n) is 15.5. The molecule has 0 spiro atoms. The van der Waals surface area contributed by atoms with E-state index in [1.807, 2.05) is 0 Å². The quantitative estimate of drug-likeness (QED) is 0.0272. The van der Waals surface area contributed by atoms with E-state index in [9.17, 15) is 40.5 Å². The molecule has 14 nitrogen and oxygen atoms in total. The maximum Gasteiger partial charge on any atom is 0.306 e. The van der Waals surface area contributed by atoms with Crippen molar-refractivity contribution in [2.75, 3.05) is 33.0 Å². The summed E-state index contributed by atoms with van der Waals surface area (Å²) in [5, 5.41) is 71.8. The molecule has 7 N–H and O–H groups in total. The van der Waals surface area contributed by atoms with Crippen LogP contribution in [0, 0.1) is 0 Å². The number of aliphatic hydroxyl groups excluding tert-OH is 7. The zero-order chi connectivity index (χ0) is 42.4. The smallest absolute Gasteiger partial charge is 0.306 e. The largest absolute Gasteiger partial charge is 0.457 e. The summed E-state index contributed by atoms with van der Waals surface area (Å²) in [7, 11) is 0. The lowest BCUT2D eigenvalue weighted by Crippen LogP contribution is -2.61. The van der Waals surface area contributed by atoms with Crippen LogP contribution in [-0.4, -0.2) is 142 Å². The highest BCUT2D eigenvalue weighted by Gasteiger charge is 2.47. The van der Waals surface area contributed by atoms with Gasteiger partial charge in [-0.2, -0.15) is 0 Å². The van der Waals surface area contributed by atoms with Gasteiger partial charge in [-0.3, -0.25) is 4.79 Å². The summed E-state index contributed by atoms with van der Waals surface area (Å²) in [5.74, 6) is -0.396. The van der Waals surface area contributed by atoms with Gasteiger partial charge in [-0.15, -0.1) is 0 Å². The fraction of sp³-hybridized carbons (Fsp3) is 0.841. The van der Waals surface area contributed by atoms with Crippen LogP contribution in [0.2, 0.25) is 0 Å². The van der Waals surface area contributed by atoms with Crippen molar-refractivity contribution in [1.29, 1.82) is 0 Å². The topological polar surface area (TPSA) is 214 Å². The molecule has 11 atom stereocenters. The third-order valence-corrected chi connectivity index (χ3v) is 10.3. The minimum absolute atomic E-state index is 0.0510. The van der Waals surface area contributed by atoms with Gasteiger partial charge in [0, 0.05) is 13.0 Å². The number of hydrogen-bond donors (Lipinski definition) is 7. The fourth-order valence-corrected chi connectivity index (χ4v) is 6.68. The van der Waals surface area contributed by atoms with E-state index in [2.05, 4.69) is 50.3 Å². The number of carbonyl (C=O) groups excluding carboxylic acids is 1. The van der Waals surface area contributed by atoms with Crippen LogP contribution in [0.4, 0.5) is 0 Å². The number of esters is 1. The Morgan fingerprint density at radius 1 is 0.569 bits per heavy atom. The summed E-state index contributed by atoms with van der Waals surface area (Å²) in [6.45, 7) is 3.50. The van der Waals surface area contributed by atoms with Crippen LogP contribution in [0.3, 0.4) is 0 Å². The Bertz CT molecular complexity index is 1100. The van der Waals surface area contributed by atoms with E-state index in [1.165, 1.54) is 32.1 Å². The number of carbonyl (C=O) groups is 1. The summed E-state index contributed by atoms with van der Waals surface area (Å²) >= 11 is 0. The van der Waals surface area contributed by atoms with Gasteiger partial charge < -0.3 is 64.2 Å². The standard InChI is InChI=1S/C44H78O14/c1-3-5-7-9-11-13-15-16-17-19-21-23-25-27-36(46)56-33(30-53-28-26-24-22-20-18-14-12-10-8-6-4-2)31-54-43-42(52)40(50)38(48)35(58-43)32-55-44-41(51)39(49)37(47)34(29-45)57-44/h7-10,13,15,33-35,37-45,47-52H,3-6,11-12,14,16-32H2,1-2H3/b9-7-,10-8-,15-13-. The van der Waals surface area contributed by atoms with Crippen molar-refractivity contribution in [3.8, 4) is 0 Å². The number of hydrogen-bond acceptors (Lipinski definition) is 14. The Kier molecular flexibility index (Phi) is 29.7. The van der Waals surface area contributed by atoms with Crippen LogP contribution in [0.1, 0.15) is 136 Å². The molecular formula is C44H78O14. The van der Waals surface area contributed by atoms with Gasteiger partial charge in [-0.1, -0.05) is 108 Å². The van der Waals surface area contributed by atoms with Crippen LogP contribution in [-0.2, 0) is 33.2 Å². The molecule has 11 unspecified atom stereocenters. The van der Waals surface area contributed by atoms with Gasteiger partial charge in [-0.25, -0.2) is 0 Å². The molecule has 0 aliphatic carbocycles. The summed E-state index contributed by atoms with van der Waals surface area (Å²) in [4.78, 5) is 12.9. The first-order valence-corrected chi connectivity index (χ1v) is 22.1. The van der Waals surface area contributed by atoms with Gasteiger partial charge >= 0.3 is 5.97 Å². The molecule has 2 aliphatic rings. The molecule has 2 rings (SSSR count). The normalized spacial score (nSPS) is 28.6. The Morgan fingerprint density at radius 2 is 1.07 bits per heavy atom. The van der Waals surface area contributed by atoms with Crippen molar-refractivity contribution >= 4 is 5.97 Å². The van der Waals surface area contributed by atoms with Crippen molar-refractivity contribution in [2.24, 2.45) is 0 Å². The molecule has 2 fully saturated rings. The minimum atomic E-state index is -1.71. The van der Waals surface area contributed by atoms with Gasteiger partial charge in [-0.05, 0) is 57.8 Å². The van der Waals surface area contributed by atoms with Crippen LogP contribution in [0.5, 0.6) is 0 Å². The first kappa shape index (κ1) is 52.3. The number of ether oxygens (including phenoxy) is 6.